The molecule has 0 fully saturated rings. The Hall–Kier alpha value is -3.33. The van der Waals surface area contributed by atoms with E-state index in [0.29, 0.717) is 0 Å². The van der Waals surface area contributed by atoms with Gasteiger partial charge in [0.1, 0.15) is 0 Å². The Morgan fingerprint density at radius 3 is 2.42 bits per heavy atom. The molecule has 0 saturated heterocycles. The highest BCUT2D eigenvalue weighted by Gasteiger charge is 2.07. The number of benzene rings is 3. The topological polar surface area (TPSA) is 29.3 Å². The Morgan fingerprint density at radius 2 is 1.62 bits per heavy atom. The Kier molecular flexibility index (Phi) is 4.52. The number of aromatic nitrogens is 1. The summed E-state index contributed by atoms with van der Waals surface area (Å²) in [6, 6.07) is 27.1. The van der Waals surface area contributed by atoms with Crippen LogP contribution in [0.25, 0.3) is 10.9 Å². The molecule has 3 nitrogen and oxygen atoms in total. The van der Waals surface area contributed by atoms with Gasteiger partial charge in [-0.1, -0.05) is 66.2 Å². The van der Waals surface area contributed by atoms with Crippen LogP contribution in [-0.4, -0.2) is 10.8 Å². The Balaban J connectivity index is 1.62. The van der Waals surface area contributed by atoms with Crippen molar-refractivity contribution in [2.45, 2.75) is 13.5 Å². The van der Waals surface area contributed by atoms with Gasteiger partial charge in [0, 0.05) is 29.2 Å². The van der Waals surface area contributed by atoms with Gasteiger partial charge in [-0.25, -0.2) is 0 Å². The highest BCUT2D eigenvalue weighted by atomic mass is 15.3. The molecule has 0 aliphatic carbocycles. The van der Waals surface area contributed by atoms with Crippen LogP contribution in [0.2, 0.25) is 0 Å². The molecule has 1 aromatic heterocycles. The predicted octanol–water partition coefficient (Wildman–Crippen LogP) is 5.44. The Morgan fingerprint density at radius 1 is 0.885 bits per heavy atom. The van der Waals surface area contributed by atoms with Gasteiger partial charge in [-0.2, -0.15) is 5.10 Å². The van der Waals surface area contributed by atoms with E-state index in [9.17, 15) is 0 Å². The minimum Gasteiger partial charge on any atom is -0.342 e. The maximum Gasteiger partial charge on any atom is 0.0566 e. The maximum absolute atomic E-state index is 4.41. The number of rotatable bonds is 5. The first-order valence-corrected chi connectivity index (χ1v) is 8.77. The lowest BCUT2D eigenvalue weighted by Gasteiger charge is -2.06. The van der Waals surface area contributed by atoms with Crippen molar-refractivity contribution in [1.29, 1.82) is 0 Å². The number of nitrogens with one attached hydrogen (secondary N) is 1. The van der Waals surface area contributed by atoms with E-state index < -0.39 is 0 Å². The van der Waals surface area contributed by atoms with Crippen LogP contribution in [0.15, 0.2) is 90.2 Å². The summed E-state index contributed by atoms with van der Waals surface area (Å²) in [7, 11) is 0. The van der Waals surface area contributed by atoms with Crippen molar-refractivity contribution in [3.8, 4) is 0 Å². The number of hydrogen-bond donors (Lipinski definition) is 1. The van der Waals surface area contributed by atoms with Gasteiger partial charge in [0.15, 0.2) is 0 Å². The summed E-state index contributed by atoms with van der Waals surface area (Å²) in [5.74, 6) is 0. The number of aryl methyl sites for hydroxylation is 1. The van der Waals surface area contributed by atoms with Gasteiger partial charge in [0.05, 0.1) is 11.9 Å². The molecule has 0 saturated carbocycles. The van der Waals surface area contributed by atoms with Crippen molar-refractivity contribution in [2.24, 2.45) is 5.10 Å². The Bertz CT molecular complexity index is 1030. The summed E-state index contributed by atoms with van der Waals surface area (Å²) in [4.78, 5) is 0. The Labute approximate surface area is 153 Å². The largest absolute Gasteiger partial charge is 0.342 e. The molecule has 0 spiro atoms. The molecule has 0 radical (unpaired) electrons. The fraction of sp³-hybridized carbons (Fsp3) is 0.0870. The van der Waals surface area contributed by atoms with Crippen molar-refractivity contribution in [3.05, 3.63) is 102 Å². The van der Waals surface area contributed by atoms with Crippen LogP contribution in [0, 0.1) is 6.92 Å². The van der Waals surface area contributed by atoms with Gasteiger partial charge in [-0.15, -0.1) is 0 Å². The fourth-order valence-electron chi connectivity index (χ4n) is 3.09. The molecule has 3 heteroatoms. The zero-order valence-electron chi connectivity index (χ0n) is 14.8. The highest BCUT2D eigenvalue weighted by Crippen LogP contribution is 2.21. The zero-order chi connectivity index (χ0) is 17.8. The minimum atomic E-state index is 0.848. The summed E-state index contributed by atoms with van der Waals surface area (Å²) >= 11 is 0. The quantitative estimate of drug-likeness (QED) is 0.380. The number of para-hydroxylation sites is 2. The lowest BCUT2D eigenvalue weighted by atomic mass is 10.1. The summed E-state index contributed by atoms with van der Waals surface area (Å²) < 4.78 is 2.28. The average Bonchev–Trinajstić information content (AvgIpc) is 3.02. The maximum atomic E-state index is 4.41. The molecule has 0 unspecified atom stereocenters. The van der Waals surface area contributed by atoms with Gasteiger partial charge in [-0.05, 0) is 30.7 Å². The molecule has 0 aliphatic rings. The second kappa shape index (κ2) is 7.28. The van der Waals surface area contributed by atoms with E-state index >= 15 is 0 Å². The molecular weight excluding hydrogens is 318 g/mol. The third kappa shape index (κ3) is 3.52. The first-order chi connectivity index (χ1) is 12.8. The van der Waals surface area contributed by atoms with E-state index in [2.05, 4.69) is 76.7 Å². The van der Waals surface area contributed by atoms with Gasteiger partial charge >= 0.3 is 0 Å². The average molecular weight is 339 g/mol. The zero-order valence-corrected chi connectivity index (χ0v) is 14.8. The van der Waals surface area contributed by atoms with Gasteiger partial charge in [0.25, 0.3) is 0 Å². The van der Waals surface area contributed by atoms with Crippen molar-refractivity contribution in [2.75, 3.05) is 5.43 Å². The first kappa shape index (κ1) is 16.2. The second-order valence-corrected chi connectivity index (χ2v) is 6.45. The minimum absolute atomic E-state index is 0.848. The molecule has 0 bridgehead atoms. The van der Waals surface area contributed by atoms with E-state index in [1.165, 1.54) is 22.0 Å². The van der Waals surface area contributed by atoms with Crippen LogP contribution >= 0.6 is 0 Å². The monoisotopic (exact) mass is 339 g/mol. The van der Waals surface area contributed by atoms with E-state index in [1.807, 2.05) is 36.5 Å². The van der Waals surface area contributed by atoms with Crippen LogP contribution < -0.4 is 5.43 Å². The molecule has 4 aromatic rings. The number of fused-ring (bicyclic) bond motifs is 1. The third-order valence-electron chi connectivity index (χ3n) is 4.46. The molecule has 1 N–H and O–H groups in total. The molecule has 4 rings (SSSR count). The standard InChI is InChI=1S/C23H21N3/c1-18-11-13-19(14-12-18)16-26-17-20(22-9-5-6-10-23(22)26)15-24-25-21-7-3-2-4-8-21/h2-15,17,25H,16H2,1H3/b24-15-. The van der Waals surface area contributed by atoms with Crippen LogP contribution in [0.4, 0.5) is 5.69 Å². The number of hydrazone groups is 1. The van der Waals surface area contributed by atoms with Crippen LogP contribution in [0.1, 0.15) is 16.7 Å². The number of anilines is 1. The molecule has 3 aromatic carbocycles. The third-order valence-corrected chi connectivity index (χ3v) is 4.46. The molecular formula is C23H21N3. The van der Waals surface area contributed by atoms with Crippen molar-refractivity contribution >= 4 is 22.8 Å². The fourth-order valence-corrected chi connectivity index (χ4v) is 3.09. The smallest absolute Gasteiger partial charge is 0.0566 e. The van der Waals surface area contributed by atoms with Crippen molar-refractivity contribution in [3.63, 3.8) is 0 Å². The van der Waals surface area contributed by atoms with Crippen LogP contribution in [-0.2, 0) is 6.54 Å². The second-order valence-electron chi connectivity index (χ2n) is 6.45. The summed E-state index contributed by atoms with van der Waals surface area (Å²) in [5.41, 5.74) is 8.96. The van der Waals surface area contributed by atoms with E-state index in [-0.39, 0.29) is 0 Å². The molecule has 0 aliphatic heterocycles. The molecule has 26 heavy (non-hydrogen) atoms. The van der Waals surface area contributed by atoms with Gasteiger partial charge in [-0.3, -0.25) is 5.43 Å². The van der Waals surface area contributed by atoms with E-state index in [0.717, 1.165) is 17.8 Å². The SMILES string of the molecule is Cc1ccc(Cn2cc(/C=N\Nc3ccccc3)c3ccccc32)cc1. The van der Waals surface area contributed by atoms with Crippen molar-refractivity contribution < 1.29 is 0 Å². The number of nitrogens with zero attached hydrogens (tertiary/aromatic N) is 2. The highest BCUT2D eigenvalue weighted by molar-refractivity contribution is 5.99. The normalized spacial score (nSPS) is 11.3. The molecule has 0 atom stereocenters. The summed E-state index contributed by atoms with van der Waals surface area (Å²) in [5, 5.41) is 5.61. The van der Waals surface area contributed by atoms with Gasteiger partial charge in [0.2, 0.25) is 0 Å². The molecule has 1 heterocycles. The van der Waals surface area contributed by atoms with Gasteiger partial charge < -0.3 is 4.57 Å². The lowest BCUT2D eigenvalue weighted by Crippen LogP contribution is -1.97. The summed E-state index contributed by atoms with van der Waals surface area (Å²) in [6.45, 7) is 2.96. The first-order valence-electron chi connectivity index (χ1n) is 8.77. The molecule has 128 valence electrons. The van der Waals surface area contributed by atoms with Crippen LogP contribution in [0.5, 0.6) is 0 Å². The van der Waals surface area contributed by atoms with E-state index in [1.54, 1.807) is 0 Å². The number of hydrogen-bond acceptors (Lipinski definition) is 2. The summed E-state index contributed by atoms with van der Waals surface area (Å²) in [6.07, 6.45) is 4.06. The van der Waals surface area contributed by atoms with Crippen molar-refractivity contribution in [1.82, 2.24) is 4.57 Å². The van der Waals surface area contributed by atoms with E-state index in [4.69, 9.17) is 0 Å². The lowest BCUT2D eigenvalue weighted by molar-refractivity contribution is 0.836. The molecule has 0 amide bonds. The predicted molar refractivity (Wildman–Crippen MR) is 110 cm³/mol. The van der Waals surface area contributed by atoms with Crippen LogP contribution in [0.3, 0.4) is 0 Å².